The summed E-state index contributed by atoms with van der Waals surface area (Å²) in [5, 5.41) is 4.23. The fraction of sp³-hybridized carbons (Fsp3) is 0.238. The molecule has 25 heavy (non-hydrogen) atoms. The Bertz CT molecular complexity index is 882. The van der Waals surface area contributed by atoms with Gasteiger partial charge in [0.2, 0.25) is 0 Å². The zero-order valence-corrected chi connectivity index (χ0v) is 14.4. The molecule has 4 rings (SSSR count). The minimum atomic E-state index is 0.0749. The predicted octanol–water partition coefficient (Wildman–Crippen LogP) is 3.63. The summed E-state index contributed by atoms with van der Waals surface area (Å²) < 4.78 is 1.82. The average Bonchev–Trinajstić information content (AvgIpc) is 3.32. The maximum Gasteiger partial charge on any atom is 0.253 e. The van der Waals surface area contributed by atoms with Crippen LogP contribution in [0.4, 0.5) is 0 Å². The van der Waals surface area contributed by atoms with Gasteiger partial charge in [-0.3, -0.25) is 4.79 Å². The predicted molar refractivity (Wildman–Crippen MR) is 97.8 cm³/mol. The maximum absolute atomic E-state index is 12.7. The van der Waals surface area contributed by atoms with E-state index in [2.05, 4.69) is 17.2 Å². The van der Waals surface area contributed by atoms with Crippen LogP contribution >= 0.6 is 0 Å². The van der Waals surface area contributed by atoms with Crippen molar-refractivity contribution in [3.8, 4) is 5.69 Å². The van der Waals surface area contributed by atoms with Gasteiger partial charge in [0, 0.05) is 31.5 Å². The molecule has 3 aromatic rings. The monoisotopic (exact) mass is 331 g/mol. The van der Waals surface area contributed by atoms with Crippen LogP contribution in [0.15, 0.2) is 60.9 Å². The zero-order valence-electron chi connectivity index (χ0n) is 14.4. The fourth-order valence-electron chi connectivity index (χ4n) is 3.45. The van der Waals surface area contributed by atoms with Gasteiger partial charge in [-0.1, -0.05) is 18.2 Å². The normalized spacial score (nSPS) is 12.8. The Morgan fingerprint density at radius 2 is 1.92 bits per heavy atom. The molecule has 0 bridgehead atoms. The van der Waals surface area contributed by atoms with Crippen LogP contribution in [-0.4, -0.2) is 27.6 Å². The van der Waals surface area contributed by atoms with E-state index < -0.39 is 0 Å². The molecule has 1 aromatic heterocycles. The largest absolute Gasteiger partial charge is 0.337 e. The molecule has 2 aromatic carbocycles. The highest BCUT2D eigenvalue weighted by atomic mass is 16.2. The Morgan fingerprint density at radius 1 is 1.12 bits per heavy atom. The van der Waals surface area contributed by atoms with Gasteiger partial charge in [-0.15, -0.1) is 0 Å². The Kier molecular flexibility index (Phi) is 4.10. The second kappa shape index (κ2) is 6.55. The van der Waals surface area contributed by atoms with Crippen LogP contribution < -0.4 is 0 Å². The van der Waals surface area contributed by atoms with Gasteiger partial charge in [-0.2, -0.15) is 5.10 Å². The molecule has 4 nitrogen and oxygen atoms in total. The first-order chi connectivity index (χ1) is 12.2. The first kappa shape index (κ1) is 15.6. The Morgan fingerprint density at radius 3 is 2.68 bits per heavy atom. The Balaban J connectivity index is 1.46. The van der Waals surface area contributed by atoms with Crippen LogP contribution in [0.5, 0.6) is 0 Å². The van der Waals surface area contributed by atoms with Crippen LogP contribution in [-0.2, 0) is 19.4 Å². The third-order valence-corrected chi connectivity index (χ3v) is 4.82. The van der Waals surface area contributed by atoms with Crippen molar-refractivity contribution in [2.45, 2.75) is 25.8 Å². The minimum absolute atomic E-state index is 0.0749. The van der Waals surface area contributed by atoms with E-state index in [4.69, 9.17) is 0 Å². The molecular weight excluding hydrogens is 310 g/mol. The highest BCUT2D eigenvalue weighted by molar-refractivity contribution is 5.94. The quantitative estimate of drug-likeness (QED) is 0.732. The molecule has 0 atom stereocenters. The third kappa shape index (κ3) is 3.20. The molecule has 1 heterocycles. The van der Waals surface area contributed by atoms with E-state index in [-0.39, 0.29) is 5.91 Å². The van der Waals surface area contributed by atoms with Crippen molar-refractivity contribution >= 4 is 5.91 Å². The molecule has 0 aliphatic heterocycles. The van der Waals surface area contributed by atoms with Gasteiger partial charge in [0.1, 0.15) is 0 Å². The molecule has 0 saturated heterocycles. The summed E-state index contributed by atoms with van der Waals surface area (Å²) in [5.41, 5.74) is 5.64. The van der Waals surface area contributed by atoms with E-state index in [0.29, 0.717) is 6.54 Å². The fourth-order valence-corrected chi connectivity index (χ4v) is 3.45. The molecule has 0 spiro atoms. The number of nitrogens with zero attached hydrogens (tertiary/aromatic N) is 3. The second-order valence-electron chi connectivity index (χ2n) is 6.62. The SMILES string of the molecule is CN(Cc1ccc(-n2cccn2)cc1)C(=O)c1ccc2c(c1)CCC2. The van der Waals surface area contributed by atoms with E-state index in [1.165, 1.54) is 17.5 Å². The van der Waals surface area contributed by atoms with E-state index in [1.807, 2.05) is 54.3 Å². The summed E-state index contributed by atoms with van der Waals surface area (Å²) in [6, 6.07) is 16.2. The lowest BCUT2D eigenvalue weighted by Crippen LogP contribution is -2.26. The molecule has 1 aliphatic rings. The number of hydrogen-bond donors (Lipinski definition) is 0. The average molecular weight is 331 g/mol. The number of rotatable bonds is 4. The lowest BCUT2D eigenvalue weighted by atomic mass is 10.1. The number of amides is 1. The molecule has 0 N–H and O–H groups in total. The molecule has 0 unspecified atom stereocenters. The maximum atomic E-state index is 12.7. The number of benzene rings is 2. The van der Waals surface area contributed by atoms with E-state index in [9.17, 15) is 4.79 Å². The van der Waals surface area contributed by atoms with Crippen molar-refractivity contribution in [1.29, 1.82) is 0 Å². The smallest absolute Gasteiger partial charge is 0.253 e. The molecule has 0 saturated carbocycles. The minimum Gasteiger partial charge on any atom is -0.337 e. The van der Waals surface area contributed by atoms with Gasteiger partial charge in [-0.05, 0) is 66.3 Å². The summed E-state index contributed by atoms with van der Waals surface area (Å²) in [7, 11) is 1.86. The first-order valence-electron chi connectivity index (χ1n) is 8.67. The van der Waals surface area contributed by atoms with Crippen LogP contribution in [0.1, 0.15) is 33.5 Å². The van der Waals surface area contributed by atoms with Gasteiger partial charge in [-0.25, -0.2) is 4.68 Å². The topological polar surface area (TPSA) is 38.1 Å². The molecule has 0 fully saturated rings. The van der Waals surface area contributed by atoms with E-state index >= 15 is 0 Å². The number of hydrogen-bond acceptors (Lipinski definition) is 2. The molecule has 1 amide bonds. The lowest BCUT2D eigenvalue weighted by Gasteiger charge is -2.18. The number of aryl methyl sites for hydroxylation is 2. The zero-order chi connectivity index (χ0) is 17.2. The van der Waals surface area contributed by atoms with Crippen molar-refractivity contribution in [1.82, 2.24) is 14.7 Å². The van der Waals surface area contributed by atoms with Crippen molar-refractivity contribution in [3.05, 3.63) is 83.2 Å². The van der Waals surface area contributed by atoms with Gasteiger partial charge in [0.25, 0.3) is 5.91 Å². The third-order valence-electron chi connectivity index (χ3n) is 4.82. The van der Waals surface area contributed by atoms with Gasteiger partial charge in [0.05, 0.1) is 5.69 Å². The summed E-state index contributed by atoms with van der Waals surface area (Å²) in [6.45, 7) is 0.593. The standard InChI is InChI=1S/C21H21N3O/c1-23(21(25)19-9-8-17-4-2-5-18(17)14-19)15-16-6-10-20(11-7-16)24-13-3-12-22-24/h3,6-14H,2,4-5,15H2,1H3. The molecule has 126 valence electrons. The highest BCUT2D eigenvalue weighted by Crippen LogP contribution is 2.23. The van der Waals surface area contributed by atoms with Gasteiger partial charge < -0.3 is 4.90 Å². The van der Waals surface area contributed by atoms with Crippen LogP contribution in [0.25, 0.3) is 5.69 Å². The van der Waals surface area contributed by atoms with Gasteiger partial charge in [0.15, 0.2) is 0 Å². The molecule has 1 aliphatic carbocycles. The van der Waals surface area contributed by atoms with Crippen LogP contribution in [0.3, 0.4) is 0 Å². The number of carbonyl (C=O) groups excluding carboxylic acids is 1. The van der Waals surface area contributed by atoms with Crippen LogP contribution in [0.2, 0.25) is 0 Å². The van der Waals surface area contributed by atoms with Gasteiger partial charge >= 0.3 is 0 Å². The van der Waals surface area contributed by atoms with Crippen molar-refractivity contribution in [3.63, 3.8) is 0 Å². The first-order valence-corrected chi connectivity index (χ1v) is 8.67. The number of aromatic nitrogens is 2. The van der Waals surface area contributed by atoms with Crippen molar-refractivity contribution < 1.29 is 4.79 Å². The summed E-state index contributed by atoms with van der Waals surface area (Å²) >= 11 is 0. The van der Waals surface area contributed by atoms with E-state index in [0.717, 1.165) is 29.7 Å². The molecule has 0 radical (unpaired) electrons. The van der Waals surface area contributed by atoms with E-state index in [1.54, 1.807) is 11.1 Å². The number of fused-ring (bicyclic) bond motifs is 1. The van der Waals surface area contributed by atoms with Crippen molar-refractivity contribution in [2.24, 2.45) is 0 Å². The number of carbonyl (C=O) groups is 1. The molecule has 4 heteroatoms. The van der Waals surface area contributed by atoms with Crippen molar-refractivity contribution in [2.75, 3.05) is 7.05 Å². The summed E-state index contributed by atoms with van der Waals surface area (Å²) in [6.07, 6.45) is 7.11. The molecular formula is C21H21N3O. The lowest BCUT2D eigenvalue weighted by molar-refractivity contribution is 0.0785. The highest BCUT2D eigenvalue weighted by Gasteiger charge is 2.16. The summed E-state index contributed by atoms with van der Waals surface area (Å²) in [5.74, 6) is 0.0749. The van der Waals surface area contributed by atoms with Crippen LogP contribution in [0, 0.1) is 0 Å². The Hall–Kier alpha value is -2.88. The Labute approximate surface area is 147 Å². The second-order valence-corrected chi connectivity index (χ2v) is 6.62. The summed E-state index contributed by atoms with van der Waals surface area (Å²) in [4.78, 5) is 14.5.